The number of hydrogen-bond donors (Lipinski definition) is 1. The van der Waals surface area contributed by atoms with E-state index in [2.05, 4.69) is 0 Å². The fourth-order valence-electron chi connectivity index (χ4n) is 1.31. The van der Waals surface area contributed by atoms with Crippen LogP contribution in [0.5, 0.6) is 5.75 Å². The van der Waals surface area contributed by atoms with Gasteiger partial charge in [0.2, 0.25) is 0 Å². The highest BCUT2D eigenvalue weighted by Crippen LogP contribution is 2.16. The number of carboxylic acids is 1. The molecule has 0 aliphatic heterocycles. The average molecular weight is 219 g/mol. The topological polar surface area (TPSA) is 70.3 Å². The molecule has 0 atom stereocenters. The SMILES string of the molecule is Cc1cc(C#N)cc(OCCCC(=O)O)c1. The second-order valence-corrected chi connectivity index (χ2v) is 3.49. The first-order chi connectivity index (χ1) is 7.61. The van der Waals surface area contributed by atoms with Crippen molar-refractivity contribution >= 4 is 5.97 Å². The Labute approximate surface area is 94.1 Å². The van der Waals surface area contributed by atoms with Gasteiger partial charge < -0.3 is 9.84 Å². The molecular weight excluding hydrogens is 206 g/mol. The first kappa shape index (κ1) is 12.1. The summed E-state index contributed by atoms with van der Waals surface area (Å²) in [4.78, 5) is 10.3. The first-order valence-electron chi connectivity index (χ1n) is 4.98. The van der Waals surface area contributed by atoms with Crippen LogP contribution >= 0.6 is 0 Å². The maximum absolute atomic E-state index is 10.3. The van der Waals surface area contributed by atoms with Gasteiger partial charge in [0.15, 0.2) is 0 Å². The highest BCUT2D eigenvalue weighted by atomic mass is 16.5. The standard InChI is InChI=1S/C12H13NO3/c1-9-5-10(8-13)7-11(6-9)16-4-2-3-12(14)15/h5-7H,2-4H2,1H3,(H,14,15). The molecule has 1 aromatic rings. The molecule has 0 heterocycles. The van der Waals surface area contributed by atoms with Gasteiger partial charge in [-0.2, -0.15) is 5.26 Å². The zero-order chi connectivity index (χ0) is 12.0. The van der Waals surface area contributed by atoms with E-state index >= 15 is 0 Å². The summed E-state index contributed by atoms with van der Waals surface area (Å²) in [5.41, 5.74) is 1.50. The van der Waals surface area contributed by atoms with Gasteiger partial charge in [-0.15, -0.1) is 0 Å². The minimum absolute atomic E-state index is 0.0942. The Morgan fingerprint density at radius 1 is 1.50 bits per heavy atom. The fraction of sp³-hybridized carbons (Fsp3) is 0.333. The Kier molecular flexibility index (Phi) is 4.34. The van der Waals surface area contributed by atoms with Crippen molar-refractivity contribution in [1.29, 1.82) is 5.26 Å². The highest BCUT2D eigenvalue weighted by Gasteiger charge is 2.00. The van der Waals surface area contributed by atoms with Crippen molar-refractivity contribution in [3.8, 4) is 11.8 Å². The molecule has 1 aromatic carbocycles. The predicted molar refractivity (Wildman–Crippen MR) is 58.3 cm³/mol. The zero-order valence-corrected chi connectivity index (χ0v) is 9.06. The summed E-state index contributed by atoms with van der Waals surface area (Å²) in [6.45, 7) is 2.23. The Balaban J connectivity index is 2.51. The largest absolute Gasteiger partial charge is 0.494 e. The van der Waals surface area contributed by atoms with Crippen LogP contribution in [-0.4, -0.2) is 17.7 Å². The van der Waals surface area contributed by atoms with Crippen LogP contribution in [0.3, 0.4) is 0 Å². The molecule has 0 bridgehead atoms. The molecule has 0 unspecified atom stereocenters. The van der Waals surface area contributed by atoms with E-state index in [9.17, 15) is 4.79 Å². The van der Waals surface area contributed by atoms with E-state index in [1.807, 2.05) is 19.1 Å². The number of ether oxygens (including phenoxy) is 1. The summed E-state index contributed by atoms with van der Waals surface area (Å²) in [5, 5.41) is 17.2. The number of hydrogen-bond acceptors (Lipinski definition) is 3. The summed E-state index contributed by atoms with van der Waals surface area (Å²) >= 11 is 0. The molecule has 0 aliphatic rings. The molecule has 0 radical (unpaired) electrons. The summed E-state index contributed by atoms with van der Waals surface area (Å²) < 4.78 is 5.37. The van der Waals surface area contributed by atoms with Crippen LogP contribution in [0.25, 0.3) is 0 Å². The van der Waals surface area contributed by atoms with E-state index in [0.717, 1.165) is 5.56 Å². The van der Waals surface area contributed by atoms with Crippen molar-refractivity contribution in [3.05, 3.63) is 29.3 Å². The molecule has 0 saturated carbocycles. The molecule has 1 rings (SSSR count). The van der Waals surface area contributed by atoms with E-state index in [1.165, 1.54) is 0 Å². The minimum atomic E-state index is -0.828. The normalized spacial score (nSPS) is 9.50. The third-order valence-corrected chi connectivity index (χ3v) is 1.98. The van der Waals surface area contributed by atoms with Crippen LogP contribution in [0.1, 0.15) is 24.0 Å². The average Bonchev–Trinajstić information content (AvgIpc) is 2.23. The molecular formula is C12H13NO3. The van der Waals surface area contributed by atoms with Crippen molar-refractivity contribution in [2.45, 2.75) is 19.8 Å². The first-order valence-corrected chi connectivity index (χ1v) is 4.98. The lowest BCUT2D eigenvalue weighted by Crippen LogP contribution is -2.02. The Bertz CT molecular complexity index is 421. The third kappa shape index (κ3) is 4.01. The number of nitrogens with zero attached hydrogens (tertiary/aromatic N) is 1. The number of rotatable bonds is 5. The van der Waals surface area contributed by atoms with E-state index < -0.39 is 5.97 Å². The maximum Gasteiger partial charge on any atom is 0.303 e. The molecule has 16 heavy (non-hydrogen) atoms. The lowest BCUT2D eigenvalue weighted by Gasteiger charge is -2.06. The quantitative estimate of drug-likeness (QED) is 0.770. The van der Waals surface area contributed by atoms with Gasteiger partial charge in [0, 0.05) is 6.42 Å². The Morgan fingerprint density at radius 2 is 2.25 bits per heavy atom. The summed E-state index contributed by atoms with van der Waals surface area (Å²) in [6.07, 6.45) is 0.558. The molecule has 0 amide bonds. The number of benzene rings is 1. The molecule has 4 heteroatoms. The van der Waals surface area contributed by atoms with Gasteiger partial charge in [0.1, 0.15) is 5.75 Å². The summed E-state index contributed by atoms with van der Waals surface area (Å²) in [6, 6.07) is 7.28. The molecule has 0 spiro atoms. The molecule has 84 valence electrons. The lowest BCUT2D eigenvalue weighted by molar-refractivity contribution is -0.137. The smallest absolute Gasteiger partial charge is 0.303 e. The van der Waals surface area contributed by atoms with Crippen molar-refractivity contribution in [2.24, 2.45) is 0 Å². The second kappa shape index (κ2) is 5.76. The van der Waals surface area contributed by atoms with Gasteiger partial charge in [-0.3, -0.25) is 4.79 Å². The van der Waals surface area contributed by atoms with E-state index in [-0.39, 0.29) is 6.42 Å². The highest BCUT2D eigenvalue weighted by molar-refractivity contribution is 5.66. The molecule has 0 aromatic heterocycles. The molecule has 1 N–H and O–H groups in total. The van der Waals surface area contributed by atoms with E-state index in [0.29, 0.717) is 24.3 Å². The molecule has 0 fully saturated rings. The molecule has 4 nitrogen and oxygen atoms in total. The van der Waals surface area contributed by atoms with Gasteiger partial charge in [-0.05, 0) is 37.1 Å². The predicted octanol–water partition coefficient (Wildman–Crippen LogP) is 2.11. The fourth-order valence-corrected chi connectivity index (χ4v) is 1.31. The van der Waals surface area contributed by atoms with Crippen LogP contribution in [0, 0.1) is 18.3 Å². The minimum Gasteiger partial charge on any atom is -0.494 e. The van der Waals surface area contributed by atoms with Gasteiger partial charge in [-0.1, -0.05) is 0 Å². The van der Waals surface area contributed by atoms with Crippen LogP contribution in [0.2, 0.25) is 0 Å². The van der Waals surface area contributed by atoms with Gasteiger partial charge in [0.05, 0.1) is 18.2 Å². The van der Waals surface area contributed by atoms with Crippen LogP contribution < -0.4 is 4.74 Å². The van der Waals surface area contributed by atoms with Crippen LogP contribution in [0.15, 0.2) is 18.2 Å². The third-order valence-electron chi connectivity index (χ3n) is 1.98. The van der Waals surface area contributed by atoms with Gasteiger partial charge in [-0.25, -0.2) is 0 Å². The maximum atomic E-state index is 10.3. The van der Waals surface area contributed by atoms with Crippen LogP contribution in [-0.2, 0) is 4.79 Å². The van der Waals surface area contributed by atoms with Crippen LogP contribution in [0.4, 0.5) is 0 Å². The number of carboxylic acid groups (broad SMARTS) is 1. The van der Waals surface area contributed by atoms with E-state index in [4.69, 9.17) is 15.1 Å². The number of aryl methyl sites for hydroxylation is 1. The van der Waals surface area contributed by atoms with Crippen molar-refractivity contribution < 1.29 is 14.6 Å². The zero-order valence-electron chi connectivity index (χ0n) is 9.06. The van der Waals surface area contributed by atoms with Crippen molar-refractivity contribution in [2.75, 3.05) is 6.61 Å². The lowest BCUT2D eigenvalue weighted by atomic mass is 10.1. The van der Waals surface area contributed by atoms with Crippen molar-refractivity contribution in [3.63, 3.8) is 0 Å². The number of carbonyl (C=O) groups is 1. The number of aliphatic carboxylic acids is 1. The van der Waals surface area contributed by atoms with E-state index in [1.54, 1.807) is 12.1 Å². The monoisotopic (exact) mass is 219 g/mol. The van der Waals surface area contributed by atoms with Gasteiger partial charge in [0.25, 0.3) is 0 Å². The van der Waals surface area contributed by atoms with Crippen molar-refractivity contribution in [1.82, 2.24) is 0 Å². The Morgan fingerprint density at radius 3 is 2.88 bits per heavy atom. The molecule has 0 saturated heterocycles. The summed E-state index contributed by atoms with van der Waals surface area (Å²) in [5.74, 6) is -0.215. The van der Waals surface area contributed by atoms with Gasteiger partial charge >= 0.3 is 5.97 Å². The summed E-state index contributed by atoms with van der Waals surface area (Å²) in [7, 11) is 0. The second-order valence-electron chi connectivity index (χ2n) is 3.49. The number of nitriles is 1. The Hall–Kier alpha value is -2.02. The molecule has 0 aliphatic carbocycles.